The molecule has 4 nitrogen and oxygen atoms in total. The van der Waals surface area contributed by atoms with Gasteiger partial charge in [0.25, 0.3) is 0 Å². The van der Waals surface area contributed by atoms with Crippen LogP contribution in [-0.4, -0.2) is 12.7 Å². The summed E-state index contributed by atoms with van der Waals surface area (Å²) in [5.74, 6) is 0. The zero-order valence-corrected chi connectivity index (χ0v) is 17.1. The molecule has 4 N–H and O–H groups in total. The van der Waals surface area contributed by atoms with Crippen LogP contribution < -0.4 is 16.4 Å². The predicted molar refractivity (Wildman–Crippen MR) is 119 cm³/mol. The van der Waals surface area contributed by atoms with Gasteiger partial charge < -0.3 is 16.4 Å². The highest BCUT2D eigenvalue weighted by molar-refractivity contribution is 7.99. The van der Waals surface area contributed by atoms with Crippen molar-refractivity contribution in [3.05, 3.63) is 77.1 Å². The fourth-order valence-electron chi connectivity index (χ4n) is 2.49. The number of amides is 1. The highest BCUT2D eigenvalue weighted by Gasteiger charge is 2.18. The molecule has 2 aromatic rings. The molecule has 0 aliphatic carbocycles. The zero-order valence-electron chi connectivity index (χ0n) is 16.2. The van der Waals surface area contributed by atoms with Gasteiger partial charge in [-0.25, -0.2) is 0 Å². The van der Waals surface area contributed by atoms with Gasteiger partial charge >= 0.3 is 0 Å². The van der Waals surface area contributed by atoms with Gasteiger partial charge in [-0.15, -0.1) is 0 Å². The number of thioether (sulfide) groups is 1. The molecule has 0 saturated heterocycles. The van der Waals surface area contributed by atoms with Gasteiger partial charge in [-0.3, -0.25) is 4.79 Å². The lowest BCUT2D eigenvalue weighted by Crippen LogP contribution is -2.10. The number of nitrogens with one attached hydrogen (secondary N) is 2. The second kappa shape index (κ2) is 9.33. The van der Waals surface area contributed by atoms with Gasteiger partial charge in [-0.2, -0.15) is 11.8 Å². The van der Waals surface area contributed by atoms with E-state index in [2.05, 4.69) is 55.0 Å². The van der Waals surface area contributed by atoms with E-state index in [4.69, 9.17) is 5.73 Å². The van der Waals surface area contributed by atoms with E-state index in [9.17, 15) is 4.79 Å². The maximum atomic E-state index is 10.7. The second-order valence-corrected chi connectivity index (χ2v) is 8.14. The summed E-state index contributed by atoms with van der Waals surface area (Å²) in [5.41, 5.74) is 11.6. The standard InChI is InChI=1S/C22H27N3OS/c1-16(13-17-7-5-6-8-21(17)25-15-26)20(23)14-24-19-11-9-18(10-12-19)22(2,3)27-4/h5-15,24H,23H2,1-4H3,(H,25,26)/b16-13+,20-14-. The summed E-state index contributed by atoms with van der Waals surface area (Å²) >= 11 is 1.83. The van der Waals surface area contributed by atoms with Crippen LogP contribution in [0.15, 0.2) is 66.0 Å². The Bertz CT molecular complexity index is 839. The highest BCUT2D eigenvalue weighted by atomic mass is 32.2. The first-order valence-electron chi connectivity index (χ1n) is 8.73. The largest absolute Gasteiger partial charge is 0.397 e. The minimum atomic E-state index is 0.0929. The third-order valence-electron chi connectivity index (χ3n) is 4.49. The third-order valence-corrected chi connectivity index (χ3v) is 5.74. The molecule has 27 heavy (non-hydrogen) atoms. The fourth-order valence-corrected chi connectivity index (χ4v) is 2.87. The Hall–Kier alpha value is -2.66. The monoisotopic (exact) mass is 381 g/mol. The Morgan fingerprint density at radius 3 is 2.37 bits per heavy atom. The van der Waals surface area contributed by atoms with Crippen molar-refractivity contribution in [2.24, 2.45) is 5.73 Å². The fraction of sp³-hybridized carbons (Fsp3) is 0.227. The minimum absolute atomic E-state index is 0.0929. The normalized spacial score (nSPS) is 12.6. The van der Waals surface area contributed by atoms with Crippen molar-refractivity contribution in [1.29, 1.82) is 0 Å². The van der Waals surface area contributed by atoms with Crippen LogP contribution in [0.5, 0.6) is 0 Å². The summed E-state index contributed by atoms with van der Waals surface area (Å²) in [4.78, 5) is 10.7. The van der Waals surface area contributed by atoms with Crippen molar-refractivity contribution in [1.82, 2.24) is 0 Å². The maximum absolute atomic E-state index is 10.7. The van der Waals surface area contributed by atoms with Crippen LogP contribution in [0.3, 0.4) is 0 Å². The summed E-state index contributed by atoms with van der Waals surface area (Å²) in [5, 5.41) is 5.94. The number of para-hydroxylation sites is 1. The molecule has 0 aliphatic heterocycles. The third kappa shape index (κ3) is 5.66. The molecule has 5 heteroatoms. The molecule has 2 rings (SSSR count). The highest BCUT2D eigenvalue weighted by Crippen LogP contribution is 2.33. The summed E-state index contributed by atoms with van der Waals surface area (Å²) in [7, 11) is 0. The van der Waals surface area contributed by atoms with Gasteiger partial charge in [0.2, 0.25) is 6.41 Å². The van der Waals surface area contributed by atoms with Gasteiger partial charge in [-0.05, 0) is 68.0 Å². The first-order valence-corrected chi connectivity index (χ1v) is 9.95. The molecular formula is C22H27N3OS. The van der Waals surface area contributed by atoms with Crippen LogP contribution in [0.4, 0.5) is 11.4 Å². The van der Waals surface area contributed by atoms with Crippen molar-refractivity contribution < 1.29 is 4.79 Å². The molecule has 0 unspecified atom stereocenters. The quantitative estimate of drug-likeness (QED) is 0.436. The maximum Gasteiger partial charge on any atom is 0.211 e. The lowest BCUT2D eigenvalue weighted by molar-refractivity contribution is -0.105. The van der Waals surface area contributed by atoms with E-state index in [-0.39, 0.29) is 4.75 Å². The molecule has 0 spiro atoms. The number of rotatable bonds is 8. The molecule has 0 radical (unpaired) electrons. The Morgan fingerprint density at radius 1 is 1.07 bits per heavy atom. The van der Waals surface area contributed by atoms with Gasteiger partial charge in [-0.1, -0.05) is 30.3 Å². The molecule has 0 aliphatic rings. The first kappa shape index (κ1) is 20.6. The van der Waals surface area contributed by atoms with Crippen molar-refractivity contribution in [2.75, 3.05) is 16.9 Å². The average molecular weight is 382 g/mol. The van der Waals surface area contributed by atoms with Crippen molar-refractivity contribution in [3.8, 4) is 0 Å². The Morgan fingerprint density at radius 2 is 1.74 bits per heavy atom. The molecule has 1 amide bonds. The van der Waals surface area contributed by atoms with E-state index in [1.54, 1.807) is 6.20 Å². The van der Waals surface area contributed by atoms with E-state index >= 15 is 0 Å². The topological polar surface area (TPSA) is 67.2 Å². The summed E-state index contributed by atoms with van der Waals surface area (Å²) in [6.45, 7) is 6.36. The van der Waals surface area contributed by atoms with Crippen LogP contribution in [0, 0.1) is 0 Å². The van der Waals surface area contributed by atoms with Crippen molar-refractivity contribution in [2.45, 2.75) is 25.5 Å². The lowest BCUT2D eigenvalue weighted by Gasteiger charge is -2.22. The van der Waals surface area contributed by atoms with E-state index in [1.165, 1.54) is 5.56 Å². The number of anilines is 2. The number of hydrogen-bond acceptors (Lipinski definition) is 4. The Balaban J connectivity index is 2.12. The molecule has 2 aromatic carbocycles. The summed E-state index contributed by atoms with van der Waals surface area (Å²) < 4.78 is 0.0929. The smallest absolute Gasteiger partial charge is 0.211 e. The van der Waals surface area contributed by atoms with Crippen LogP contribution in [0.2, 0.25) is 0 Å². The van der Waals surface area contributed by atoms with Gasteiger partial charge in [0.1, 0.15) is 0 Å². The molecule has 0 fully saturated rings. The zero-order chi connectivity index (χ0) is 19.9. The SMILES string of the molecule is CSC(C)(C)c1ccc(N/C=C(N)/C(C)=C/c2ccccc2NC=O)cc1. The van der Waals surface area contributed by atoms with E-state index in [0.717, 1.165) is 22.5 Å². The molecule has 0 saturated carbocycles. The van der Waals surface area contributed by atoms with E-state index in [1.807, 2.05) is 49.0 Å². The number of carbonyl (C=O) groups is 1. The second-order valence-electron chi connectivity index (χ2n) is 6.71. The van der Waals surface area contributed by atoms with Crippen LogP contribution in [0.25, 0.3) is 6.08 Å². The Labute approximate surface area is 165 Å². The van der Waals surface area contributed by atoms with E-state index < -0.39 is 0 Å². The van der Waals surface area contributed by atoms with Gasteiger partial charge in [0.05, 0.1) is 5.70 Å². The molecule has 142 valence electrons. The predicted octanol–water partition coefficient (Wildman–Crippen LogP) is 5.17. The van der Waals surface area contributed by atoms with Gasteiger partial charge in [0.15, 0.2) is 0 Å². The van der Waals surface area contributed by atoms with E-state index in [0.29, 0.717) is 12.1 Å². The van der Waals surface area contributed by atoms with Crippen LogP contribution >= 0.6 is 11.8 Å². The molecule has 0 aromatic heterocycles. The molecule has 0 atom stereocenters. The molecule has 0 bridgehead atoms. The van der Waals surface area contributed by atoms with Crippen molar-refractivity contribution in [3.63, 3.8) is 0 Å². The lowest BCUT2D eigenvalue weighted by atomic mass is 10.0. The number of carbonyl (C=O) groups excluding carboxylic acids is 1. The molecular weight excluding hydrogens is 354 g/mol. The molecule has 0 heterocycles. The Kier molecular flexibility index (Phi) is 7.13. The van der Waals surface area contributed by atoms with Crippen molar-refractivity contribution >= 4 is 35.6 Å². The number of benzene rings is 2. The average Bonchev–Trinajstić information content (AvgIpc) is 2.68. The first-order chi connectivity index (χ1) is 12.9. The van der Waals surface area contributed by atoms with Crippen LogP contribution in [-0.2, 0) is 9.54 Å². The van der Waals surface area contributed by atoms with Gasteiger partial charge in [0, 0.05) is 22.3 Å². The number of nitrogens with two attached hydrogens (primary N) is 1. The minimum Gasteiger partial charge on any atom is -0.397 e. The number of hydrogen-bond donors (Lipinski definition) is 3. The summed E-state index contributed by atoms with van der Waals surface area (Å²) in [6, 6.07) is 16.0. The van der Waals surface area contributed by atoms with Crippen LogP contribution in [0.1, 0.15) is 31.9 Å². The summed E-state index contributed by atoms with van der Waals surface area (Å²) in [6.07, 6.45) is 6.53. The number of allylic oxidation sites excluding steroid dienone is 1.